The van der Waals surface area contributed by atoms with Crippen molar-refractivity contribution in [2.24, 2.45) is 11.1 Å². The Morgan fingerprint density at radius 3 is 2.40 bits per heavy atom. The summed E-state index contributed by atoms with van der Waals surface area (Å²) in [6, 6.07) is 6.60. The lowest BCUT2D eigenvalue weighted by atomic mass is 9.60. The Labute approximate surface area is 88.9 Å². The average Bonchev–Trinajstić information content (AvgIpc) is 2.20. The molecule has 3 heteroatoms. The fourth-order valence-electron chi connectivity index (χ4n) is 2.32. The molecule has 0 heterocycles. The Kier molecular flexibility index (Phi) is 2.76. The zero-order valence-electron chi connectivity index (χ0n) is 8.62. The second-order valence-electron chi connectivity index (χ2n) is 4.52. The highest BCUT2D eigenvalue weighted by Crippen LogP contribution is 2.50. The SMILES string of the molecule is NCC1(CO)CC(c2ccc(F)cc2)C1. The summed E-state index contributed by atoms with van der Waals surface area (Å²) in [6.45, 7) is 0.683. The zero-order valence-corrected chi connectivity index (χ0v) is 8.62. The fourth-order valence-corrected chi connectivity index (χ4v) is 2.32. The van der Waals surface area contributed by atoms with E-state index in [1.807, 2.05) is 12.1 Å². The van der Waals surface area contributed by atoms with E-state index in [1.54, 1.807) is 0 Å². The predicted molar refractivity (Wildman–Crippen MR) is 56.9 cm³/mol. The van der Waals surface area contributed by atoms with E-state index in [1.165, 1.54) is 12.1 Å². The summed E-state index contributed by atoms with van der Waals surface area (Å²) in [5, 5.41) is 9.21. The van der Waals surface area contributed by atoms with E-state index in [4.69, 9.17) is 5.73 Å². The van der Waals surface area contributed by atoms with Gasteiger partial charge in [-0.2, -0.15) is 0 Å². The van der Waals surface area contributed by atoms with Gasteiger partial charge in [-0.3, -0.25) is 0 Å². The summed E-state index contributed by atoms with van der Waals surface area (Å²) in [5.74, 6) is 0.228. The van der Waals surface area contributed by atoms with E-state index < -0.39 is 0 Å². The van der Waals surface area contributed by atoms with Crippen LogP contribution in [0.5, 0.6) is 0 Å². The van der Waals surface area contributed by atoms with Gasteiger partial charge in [0.05, 0.1) is 0 Å². The number of hydrogen-bond acceptors (Lipinski definition) is 2. The van der Waals surface area contributed by atoms with Crippen LogP contribution in [0.2, 0.25) is 0 Å². The average molecular weight is 209 g/mol. The molecule has 0 amide bonds. The van der Waals surface area contributed by atoms with Gasteiger partial charge in [0.1, 0.15) is 5.82 Å². The Hall–Kier alpha value is -0.930. The van der Waals surface area contributed by atoms with Crippen LogP contribution in [0.1, 0.15) is 24.3 Å². The number of halogens is 1. The van der Waals surface area contributed by atoms with Gasteiger partial charge in [0.15, 0.2) is 0 Å². The molecule has 1 aliphatic carbocycles. The highest BCUT2D eigenvalue weighted by molar-refractivity contribution is 5.24. The first kappa shape index (κ1) is 10.6. The van der Waals surface area contributed by atoms with Gasteiger partial charge in [-0.1, -0.05) is 12.1 Å². The standard InChI is InChI=1S/C12H16FNO/c13-11-3-1-9(2-4-11)10-5-12(6-10,7-14)8-15/h1-4,10,15H,5-8,14H2. The molecule has 2 nitrogen and oxygen atoms in total. The zero-order chi connectivity index (χ0) is 10.9. The van der Waals surface area contributed by atoms with Gasteiger partial charge in [-0.25, -0.2) is 4.39 Å². The van der Waals surface area contributed by atoms with Crippen LogP contribution in [-0.2, 0) is 0 Å². The normalized spacial score (nSPS) is 29.9. The maximum atomic E-state index is 12.7. The topological polar surface area (TPSA) is 46.2 Å². The summed E-state index contributed by atoms with van der Waals surface area (Å²) < 4.78 is 12.7. The van der Waals surface area contributed by atoms with Gasteiger partial charge in [-0.05, 0) is 36.5 Å². The number of rotatable bonds is 3. The third-order valence-corrected chi connectivity index (χ3v) is 3.47. The van der Waals surface area contributed by atoms with Crippen LogP contribution in [0.25, 0.3) is 0 Å². The van der Waals surface area contributed by atoms with Gasteiger partial charge in [0.2, 0.25) is 0 Å². The second kappa shape index (κ2) is 3.91. The quantitative estimate of drug-likeness (QED) is 0.795. The molecule has 0 spiro atoms. The first-order valence-corrected chi connectivity index (χ1v) is 5.25. The van der Waals surface area contributed by atoms with E-state index >= 15 is 0 Å². The van der Waals surface area contributed by atoms with Crippen molar-refractivity contribution in [1.82, 2.24) is 0 Å². The van der Waals surface area contributed by atoms with Crippen LogP contribution in [0, 0.1) is 11.2 Å². The monoisotopic (exact) mass is 209 g/mol. The number of nitrogens with two attached hydrogens (primary N) is 1. The van der Waals surface area contributed by atoms with Crippen molar-refractivity contribution in [2.45, 2.75) is 18.8 Å². The van der Waals surface area contributed by atoms with E-state index in [-0.39, 0.29) is 17.8 Å². The lowest BCUT2D eigenvalue weighted by molar-refractivity contribution is 0.0337. The molecule has 1 aliphatic rings. The van der Waals surface area contributed by atoms with Crippen LogP contribution >= 0.6 is 0 Å². The van der Waals surface area contributed by atoms with Crippen LogP contribution in [0.4, 0.5) is 4.39 Å². The van der Waals surface area contributed by atoms with E-state index in [0.717, 1.165) is 18.4 Å². The fraction of sp³-hybridized carbons (Fsp3) is 0.500. The Balaban J connectivity index is 2.02. The van der Waals surface area contributed by atoms with Crippen molar-refractivity contribution < 1.29 is 9.50 Å². The molecule has 0 atom stereocenters. The minimum atomic E-state index is -0.203. The van der Waals surface area contributed by atoms with Crippen molar-refractivity contribution in [1.29, 1.82) is 0 Å². The van der Waals surface area contributed by atoms with E-state index in [0.29, 0.717) is 12.5 Å². The molecule has 15 heavy (non-hydrogen) atoms. The molecule has 1 fully saturated rings. The molecule has 1 aromatic carbocycles. The lowest BCUT2D eigenvalue weighted by Gasteiger charge is -2.46. The number of aliphatic hydroxyl groups is 1. The van der Waals surface area contributed by atoms with Gasteiger partial charge < -0.3 is 10.8 Å². The van der Waals surface area contributed by atoms with Crippen LogP contribution in [0.15, 0.2) is 24.3 Å². The number of benzene rings is 1. The van der Waals surface area contributed by atoms with Gasteiger partial charge in [0.25, 0.3) is 0 Å². The van der Waals surface area contributed by atoms with Crippen molar-refractivity contribution >= 4 is 0 Å². The summed E-state index contributed by atoms with van der Waals surface area (Å²) in [6.07, 6.45) is 1.82. The predicted octanol–water partition coefficient (Wildman–Crippen LogP) is 1.64. The largest absolute Gasteiger partial charge is 0.396 e. The maximum Gasteiger partial charge on any atom is 0.123 e. The van der Waals surface area contributed by atoms with Gasteiger partial charge in [0, 0.05) is 18.6 Å². The van der Waals surface area contributed by atoms with Crippen molar-refractivity contribution in [3.8, 4) is 0 Å². The third-order valence-electron chi connectivity index (χ3n) is 3.47. The molecule has 3 N–H and O–H groups in total. The lowest BCUT2D eigenvalue weighted by Crippen LogP contribution is -2.44. The molecule has 1 saturated carbocycles. The number of aliphatic hydroxyl groups excluding tert-OH is 1. The van der Waals surface area contributed by atoms with Crippen LogP contribution in [0.3, 0.4) is 0 Å². The first-order valence-electron chi connectivity index (χ1n) is 5.25. The maximum absolute atomic E-state index is 12.7. The van der Waals surface area contributed by atoms with Crippen molar-refractivity contribution in [3.05, 3.63) is 35.6 Å². The second-order valence-corrected chi connectivity index (χ2v) is 4.52. The molecule has 82 valence electrons. The summed E-state index contributed by atoms with van der Waals surface area (Å²) in [7, 11) is 0. The van der Waals surface area contributed by atoms with Crippen molar-refractivity contribution in [2.75, 3.05) is 13.2 Å². The van der Waals surface area contributed by atoms with Gasteiger partial charge in [-0.15, -0.1) is 0 Å². The molecular formula is C12H16FNO. The molecule has 0 bridgehead atoms. The summed E-state index contributed by atoms with van der Waals surface area (Å²) in [4.78, 5) is 0. The van der Waals surface area contributed by atoms with Crippen LogP contribution in [-0.4, -0.2) is 18.3 Å². The molecular weight excluding hydrogens is 193 g/mol. The minimum absolute atomic E-state index is 0.0843. The van der Waals surface area contributed by atoms with Gasteiger partial charge >= 0.3 is 0 Å². The van der Waals surface area contributed by atoms with Crippen LogP contribution < -0.4 is 5.73 Å². The summed E-state index contributed by atoms with van der Waals surface area (Å²) in [5.41, 5.74) is 6.69. The smallest absolute Gasteiger partial charge is 0.123 e. The third kappa shape index (κ3) is 1.90. The highest BCUT2D eigenvalue weighted by Gasteiger charge is 2.43. The molecule has 0 aromatic heterocycles. The molecule has 0 unspecified atom stereocenters. The summed E-state index contributed by atoms with van der Waals surface area (Å²) >= 11 is 0. The van der Waals surface area contributed by atoms with E-state index in [2.05, 4.69) is 0 Å². The molecule has 0 aliphatic heterocycles. The molecule has 2 rings (SSSR count). The Morgan fingerprint density at radius 1 is 1.33 bits per heavy atom. The Morgan fingerprint density at radius 2 is 1.93 bits per heavy atom. The van der Waals surface area contributed by atoms with Crippen molar-refractivity contribution in [3.63, 3.8) is 0 Å². The van der Waals surface area contributed by atoms with E-state index in [9.17, 15) is 9.50 Å². The Bertz CT molecular complexity index is 324. The highest BCUT2D eigenvalue weighted by atomic mass is 19.1. The minimum Gasteiger partial charge on any atom is -0.396 e. The number of hydrogen-bond donors (Lipinski definition) is 2. The molecule has 0 radical (unpaired) electrons. The molecule has 0 saturated heterocycles. The molecule has 1 aromatic rings. The first-order chi connectivity index (χ1) is 7.19.